The third-order valence-corrected chi connectivity index (χ3v) is 4.31. The summed E-state index contributed by atoms with van der Waals surface area (Å²) in [4.78, 5) is 38.9. The Kier molecular flexibility index (Phi) is 5.46. The lowest BCUT2D eigenvalue weighted by molar-refractivity contribution is -0.125. The molecule has 1 aliphatic rings. The predicted octanol–water partition coefficient (Wildman–Crippen LogP) is 2.92. The summed E-state index contributed by atoms with van der Waals surface area (Å²) in [5.74, 6) is 0.200. The van der Waals surface area contributed by atoms with Crippen molar-refractivity contribution in [3.05, 3.63) is 23.6 Å². The molecule has 0 bridgehead atoms. The quantitative estimate of drug-likeness (QED) is 0.803. The molecule has 8 nitrogen and oxygen atoms in total. The lowest BCUT2D eigenvalue weighted by Crippen LogP contribution is -2.47. The Morgan fingerprint density at radius 1 is 1.37 bits per heavy atom. The summed E-state index contributed by atoms with van der Waals surface area (Å²) in [7, 11) is 0. The van der Waals surface area contributed by atoms with Crippen LogP contribution in [0.3, 0.4) is 0 Å². The van der Waals surface area contributed by atoms with Gasteiger partial charge in [-0.15, -0.1) is 0 Å². The molecule has 1 aliphatic heterocycles. The van der Waals surface area contributed by atoms with E-state index < -0.39 is 11.7 Å². The first-order valence-electron chi connectivity index (χ1n) is 8.75. The van der Waals surface area contributed by atoms with E-state index in [4.69, 9.17) is 16.3 Å². The van der Waals surface area contributed by atoms with Gasteiger partial charge in [0.05, 0.1) is 11.4 Å². The molecule has 2 aromatic heterocycles. The molecule has 0 spiro atoms. The summed E-state index contributed by atoms with van der Waals surface area (Å²) in [6.07, 6.45) is 3.04. The van der Waals surface area contributed by atoms with E-state index in [0.717, 1.165) is 0 Å². The molecule has 0 unspecified atom stereocenters. The van der Waals surface area contributed by atoms with Crippen molar-refractivity contribution in [1.29, 1.82) is 0 Å². The van der Waals surface area contributed by atoms with E-state index in [1.807, 2.05) is 20.8 Å². The first-order chi connectivity index (χ1) is 12.7. The molecule has 0 saturated carbocycles. The molecule has 3 heterocycles. The smallest absolute Gasteiger partial charge is 0.410 e. The fourth-order valence-electron chi connectivity index (χ4n) is 2.86. The molecule has 9 heteroatoms. The standard InChI is InChI=1S/C18H22ClN5O3/c1-18(2,3)27-17(26)24-7-4-13(25)11(10-24)9-22-16-15-12(8-14(19)23-16)20-5-6-21-15/h5-6,8,11H,4,7,9-10H2,1-3H3,(H,22,23)/t11-/m1/s1. The number of carbonyl (C=O) groups excluding carboxylic acids is 2. The average Bonchev–Trinajstić information content (AvgIpc) is 2.59. The Morgan fingerprint density at radius 2 is 2.11 bits per heavy atom. The Balaban J connectivity index is 1.70. The monoisotopic (exact) mass is 391 g/mol. The van der Waals surface area contributed by atoms with Crippen molar-refractivity contribution in [1.82, 2.24) is 19.9 Å². The molecular formula is C18H22ClN5O3. The van der Waals surface area contributed by atoms with Crippen LogP contribution in [0, 0.1) is 5.92 Å². The summed E-state index contributed by atoms with van der Waals surface area (Å²) in [5.41, 5.74) is 0.619. The highest BCUT2D eigenvalue weighted by Crippen LogP contribution is 2.23. The van der Waals surface area contributed by atoms with Crippen molar-refractivity contribution in [2.75, 3.05) is 25.0 Å². The molecule has 1 N–H and O–H groups in total. The Hall–Kier alpha value is -2.48. The molecule has 1 amide bonds. The number of rotatable bonds is 3. The number of aromatic nitrogens is 3. The number of hydrogen-bond acceptors (Lipinski definition) is 7. The second-order valence-corrected chi connectivity index (χ2v) is 7.83. The number of pyridine rings is 1. The number of likely N-dealkylation sites (tertiary alicyclic amines) is 1. The van der Waals surface area contributed by atoms with Gasteiger partial charge in [0, 0.05) is 44.5 Å². The first kappa shape index (κ1) is 19.3. The van der Waals surface area contributed by atoms with E-state index in [1.165, 1.54) is 0 Å². The van der Waals surface area contributed by atoms with Crippen LogP contribution in [0.1, 0.15) is 27.2 Å². The Morgan fingerprint density at radius 3 is 2.85 bits per heavy atom. The first-order valence-corrected chi connectivity index (χ1v) is 9.12. The third kappa shape index (κ3) is 4.82. The molecule has 0 aliphatic carbocycles. The van der Waals surface area contributed by atoms with Crippen LogP contribution in [0.5, 0.6) is 0 Å². The van der Waals surface area contributed by atoms with Crippen molar-refractivity contribution < 1.29 is 14.3 Å². The van der Waals surface area contributed by atoms with Gasteiger partial charge < -0.3 is 15.0 Å². The minimum absolute atomic E-state index is 0.0970. The molecule has 1 fully saturated rings. The highest BCUT2D eigenvalue weighted by Gasteiger charge is 2.32. The van der Waals surface area contributed by atoms with Gasteiger partial charge in [0.15, 0.2) is 5.82 Å². The SMILES string of the molecule is CC(C)(C)OC(=O)N1CCC(=O)[C@H](CNc2nc(Cl)cc3nccnc23)C1. The van der Waals surface area contributed by atoms with Crippen molar-refractivity contribution >= 4 is 40.3 Å². The van der Waals surface area contributed by atoms with E-state index in [1.54, 1.807) is 23.4 Å². The molecule has 27 heavy (non-hydrogen) atoms. The number of ketones is 1. The molecule has 144 valence electrons. The minimum atomic E-state index is -0.575. The zero-order chi connectivity index (χ0) is 19.6. The van der Waals surface area contributed by atoms with Gasteiger partial charge in [-0.05, 0) is 20.8 Å². The number of anilines is 1. The lowest BCUT2D eigenvalue weighted by atomic mass is 9.96. The van der Waals surface area contributed by atoms with Crippen molar-refractivity contribution in [2.24, 2.45) is 5.92 Å². The summed E-state index contributed by atoms with van der Waals surface area (Å²) < 4.78 is 5.40. The molecule has 3 rings (SSSR count). The zero-order valence-electron chi connectivity index (χ0n) is 15.5. The number of amides is 1. The topological polar surface area (TPSA) is 97.3 Å². The second-order valence-electron chi connectivity index (χ2n) is 7.44. The van der Waals surface area contributed by atoms with E-state index in [-0.39, 0.29) is 16.9 Å². The summed E-state index contributed by atoms with van der Waals surface area (Å²) in [5, 5.41) is 3.43. The molecule has 1 atom stereocenters. The van der Waals surface area contributed by atoms with Gasteiger partial charge in [0.1, 0.15) is 22.1 Å². The van der Waals surface area contributed by atoms with Crippen molar-refractivity contribution in [2.45, 2.75) is 32.8 Å². The van der Waals surface area contributed by atoms with E-state index in [2.05, 4.69) is 20.3 Å². The van der Waals surface area contributed by atoms with Gasteiger partial charge in [-0.1, -0.05) is 11.6 Å². The van der Waals surface area contributed by atoms with Crippen LogP contribution >= 0.6 is 11.6 Å². The van der Waals surface area contributed by atoms with Gasteiger partial charge in [-0.25, -0.2) is 14.8 Å². The third-order valence-electron chi connectivity index (χ3n) is 4.12. The number of nitrogens with zero attached hydrogens (tertiary/aromatic N) is 4. The number of fused-ring (bicyclic) bond motifs is 1. The Bertz CT molecular complexity index is 868. The fourth-order valence-corrected chi connectivity index (χ4v) is 3.05. The van der Waals surface area contributed by atoms with Gasteiger partial charge in [-0.3, -0.25) is 9.78 Å². The van der Waals surface area contributed by atoms with Crippen LogP contribution in [0.4, 0.5) is 10.6 Å². The van der Waals surface area contributed by atoms with E-state index >= 15 is 0 Å². The van der Waals surface area contributed by atoms with E-state index in [0.29, 0.717) is 42.9 Å². The molecular weight excluding hydrogens is 370 g/mol. The number of carbonyl (C=O) groups is 2. The normalized spacial score (nSPS) is 17.9. The van der Waals surface area contributed by atoms with Crippen molar-refractivity contribution in [3.8, 4) is 0 Å². The van der Waals surface area contributed by atoms with Gasteiger partial charge in [-0.2, -0.15) is 0 Å². The molecule has 1 saturated heterocycles. The fraction of sp³-hybridized carbons (Fsp3) is 0.500. The van der Waals surface area contributed by atoms with Crippen LogP contribution in [0.25, 0.3) is 11.0 Å². The average molecular weight is 392 g/mol. The summed E-state index contributed by atoms with van der Waals surface area (Å²) in [6, 6.07) is 1.63. The van der Waals surface area contributed by atoms with E-state index in [9.17, 15) is 9.59 Å². The predicted molar refractivity (Wildman–Crippen MR) is 102 cm³/mol. The minimum Gasteiger partial charge on any atom is -0.444 e. The number of Topliss-reactive ketones (excluding diaryl/α,β-unsaturated/α-hetero) is 1. The lowest BCUT2D eigenvalue weighted by Gasteiger charge is -2.33. The van der Waals surface area contributed by atoms with Crippen LogP contribution in [-0.4, -0.2) is 57.0 Å². The molecule has 0 aromatic carbocycles. The summed E-state index contributed by atoms with van der Waals surface area (Å²) in [6.45, 7) is 6.43. The van der Waals surface area contributed by atoms with Crippen LogP contribution in [0.15, 0.2) is 18.5 Å². The number of halogens is 1. The summed E-state index contributed by atoms with van der Waals surface area (Å²) >= 11 is 6.04. The zero-order valence-corrected chi connectivity index (χ0v) is 16.3. The highest BCUT2D eigenvalue weighted by molar-refractivity contribution is 6.30. The number of ether oxygens (including phenoxy) is 1. The van der Waals surface area contributed by atoms with Gasteiger partial charge in [0.25, 0.3) is 0 Å². The number of hydrogen-bond donors (Lipinski definition) is 1. The van der Waals surface area contributed by atoms with Crippen LogP contribution in [0.2, 0.25) is 5.15 Å². The highest BCUT2D eigenvalue weighted by atomic mass is 35.5. The second kappa shape index (κ2) is 7.64. The van der Waals surface area contributed by atoms with Crippen LogP contribution < -0.4 is 5.32 Å². The maximum Gasteiger partial charge on any atom is 0.410 e. The maximum absolute atomic E-state index is 12.3. The van der Waals surface area contributed by atoms with Gasteiger partial charge in [0.2, 0.25) is 0 Å². The van der Waals surface area contributed by atoms with Crippen LogP contribution in [-0.2, 0) is 9.53 Å². The largest absolute Gasteiger partial charge is 0.444 e. The molecule has 0 radical (unpaired) electrons. The molecule has 2 aromatic rings. The number of nitrogens with one attached hydrogen (secondary N) is 1. The Labute approximate surface area is 162 Å². The van der Waals surface area contributed by atoms with Gasteiger partial charge >= 0.3 is 6.09 Å². The number of piperidine rings is 1. The van der Waals surface area contributed by atoms with Crippen molar-refractivity contribution in [3.63, 3.8) is 0 Å². The maximum atomic E-state index is 12.3.